The van der Waals surface area contributed by atoms with Gasteiger partial charge >= 0.3 is 0 Å². The summed E-state index contributed by atoms with van der Waals surface area (Å²) >= 11 is 0. The summed E-state index contributed by atoms with van der Waals surface area (Å²) in [5.41, 5.74) is 1.32. The number of benzene rings is 1. The summed E-state index contributed by atoms with van der Waals surface area (Å²) in [6.07, 6.45) is 2.97. The van der Waals surface area contributed by atoms with E-state index < -0.39 is 0 Å². The zero-order valence-corrected chi connectivity index (χ0v) is 9.38. The van der Waals surface area contributed by atoms with E-state index in [1.807, 2.05) is 32.0 Å². The number of hydrogen-bond acceptors (Lipinski definition) is 0. The minimum Gasteiger partial charge on any atom is -0.0683 e. The Kier molecular flexibility index (Phi) is 7.38. The van der Waals surface area contributed by atoms with Gasteiger partial charge in [0.15, 0.2) is 0 Å². The number of hydrogen-bond donors (Lipinski definition) is 0. The normalized spacial score (nSPS) is 13.2. The molecule has 1 aromatic carbocycles. The second kappa shape index (κ2) is 7.85. The highest BCUT2D eigenvalue weighted by molar-refractivity contribution is 5.11. The molecule has 13 heavy (non-hydrogen) atoms. The Bertz CT molecular complexity index is 184. The first kappa shape index (κ1) is 12.2. The molecule has 0 unspecified atom stereocenters. The van der Waals surface area contributed by atoms with Crippen molar-refractivity contribution in [1.82, 2.24) is 0 Å². The fourth-order valence-electron chi connectivity index (χ4n) is 0.701. The second-order valence-corrected chi connectivity index (χ2v) is 3.34. The molecule has 0 bridgehead atoms. The summed E-state index contributed by atoms with van der Waals surface area (Å²) in [5.74, 6) is 1.08. The summed E-state index contributed by atoms with van der Waals surface area (Å²) < 4.78 is 0. The van der Waals surface area contributed by atoms with Crippen LogP contribution in [0.25, 0.3) is 0 Å². The first-order valence-corrected chi connectivity index (χ1v) is 5.30. The lowest BCUT2D eigenvalue weighted by Gasteiger charge is -1.82. The summed E-state index contributed by atoms with van der Waals surface area (Å²) in [6, 6.07) is 10.3. The van der Waals surface area contributed by atoms with Crippen LogP contribution in [0.15, 0.2) is 30.3 Å². The summed E-state index contributed by atoms with van der Waals surface area (Å²) in [6.45, 7) is 8.36. The van der Waals surface area contributed by atoms with E-state index in [1.165, 1.54) is 18.4 Å². The fraction of sp³-hybridized carbons (Fsp3) is 0.538. The first-order chi connectivity index (χ1) is 6.29. The average molecular weight is 178 g/mol. The predicted octanol–water partition coefficient (Wildman–Crippen LogP) is 4.44. The van der Waals surface area contributed by atoms with Crippen LogP contribution in [0, 0.1) is 12.8 Å². The van der Waals surface area contributed by atoms with Gasteiger partial charge in [-0.1, -0.05) is 69.5 Å². The molecule has 0 radical (unpaired) electrons. The van der Waals surface area contributed by atoms with Crippen molar-refractivity contribution in [2.75, 3.05) is 0 Å². The van der Waals surface area contributed by atoms with E-state index in [0.29, 0.717) is 0 Å². The molecule has 0 saturated heterocycles. The summed E-state index contributed by atoms with van der Waals surface area (Å²) in [7, 11) is 0. The molecular formula is C13H22. The van der Waals surface area contributed by atoms with Gasteiger partial charge in [0.2, 0.25) is 0 Å². The Morgan fingerprint density at radius 1 is 1.00 bits per heavy atom. The lowest BCUT2D eigenvalue weighted by Crippen LogP contribution is -1.62. The Morgan fingerprint density at radius 3 is 1.54 bits per heavy atom. The summed E-state index contributed by atoms with van der Waals surface area (Å²) in [5, 5.41) is 0. The Morgan fingerprint density at radius 2 is 1.38 bits per heavy atom. The maximum absolute atomic E-state index is 2.28. The average Bonchev–Trinajstić information content (AvgIpc) is 2.94. The molecule has 0 heterocycles. The van der Waals surface area contributed by atoms with Crippen LogP contribution in [0.2, 0.25) is 0 Å². The van der Waals surface area contributed by atoms with E-state index in [1.54, 1.807) is 0 Å². The van der Waals surface area contributed by atoms with Gasteiger partial charge in [-0.25, -0.2) is 0 Å². The molecule has 0 spiro atoms. The number of aryl methyl sites for hydroxylation is 1. The van der Waals surface area contributed by atoms with Crippen molar-refractivity contribution in [3.05, 3.63) is 35.9 Å². The van der Waals surface area contributed by atoms with Crippen molar-refractivity contribution in [2.24, 2.45) is 5.92 Å². The van der Waals surface area contributed by atoms with Gasteiger partial charge in [-0.15, -0.1) is 0 Å². The van der Waals surface area contributed by atoms with E-state index >= 15 is 0 Å². The van der Waals surface area contributed by atoms with Gasteiger partial charge in [0.05, 0.1) is 0 Å². The molecule has 1 fully saturated rings. The van der Waals surface area contributed by atoms with E-state index in [0.717, 1.165) is 5.92 Å². The third-order valence-corrected chi connectivity index (χ3v) is 1.81. The maximum atomic E-state index is 2.28. The Balaban J connectivity index is 0.000000204. The van der Waals surface area contributed by atoms with Crippen LogP contribution in [0.4, 0.5) is 0 Å². The highest BCUT2D eigenvalue weighted by atomic mass is 14.2. The van der Waals surface area contributed by atoms with E-state index in [4.69, 9.17) is 0 Å². The van der Waals surface area contributed by atoms with Gasteiger partial charge in [-0.05, 0) is 12.8 Å². The molecule has 0 N–H and O–H groups in total. The van der Waals surface area contributed by atoms with Crippen LogP contribution in [0.3, 0.4) is 0 Å². The Hall–Kier alpha value is -0.780. The van der Waals surface area contributed by atoms with Gasteiger partial charge in [-0.3, -0.25) is 0 Å². The molecule has 1 aliphatic rings. The zero-order valence-electron chi connectivity index (χ0n) is 9.38. The molecule has 0 nitrogen and oxygen atoms in total. The standard InChI is InChI=1S/C7H8.C4H8.C2H6/c1-7-5-3-2-4-6-7;1-4-2-3-4;1-2/h2-6H,1H3;4H,2-3H2,1H3;1-2H3. The van der Waals surface area contributed by atoms with Crippen LogP contribution < -0.4 is 0 Å². The lowest BCUT2D eigenvalue weighted by atomic mass is 10.2. The van der Waals surface area contributed by atoms with E-state index in [2.05, 4.69) is 26.0 Å². The molecule has 1 aromatic rings. The topological polar surface area (TPSA) is 0 Å². The lowest BCUT2D eigenvalue weighted by molar-refractivity contribution is 0.983. The second-order valence-electron chi connectivity index (χ2n) is 3.34. The van der Waals surface area contributed by atoms with Gasteiger partial charge in [-0.2, -0.15) is 0 Å². The van der Waals surface area contributed by atoms with Crippen molar-refractivity contribution in [3.8, 4) is 0 Å². The third kappa shape index (κ3) is 9.13. The molecule has 0 atom stereocenters. The number of rotatable bonds is 0. The van der Waals surface area contributed by atoms with E-state index in [9.17, 15) is 0 Å². The van der Waals surface area contributed by atoms with Crippen LogP contribution in [0.5, 0.6) is 0 Å². The van der Waals surface area contributed by atoms with Gasteiger partial charge in [0.25, 0.3) is 0 Å². The highest BCUT2D eigenvalue weighted by Crippen LogP contribution is 2.26. The van der Waals surface area contributed by atoms with Crippen molar-refractivity contribution in [3.63, 3.8) is 0 Å². The van der Waals surface area contributed by atoms with Crippen molar-refractivity contribution >= 4 is 0 Å². The molecule has 0 amide bonds. The predicted molar refractivity (Wildman–Crippen MR) is 60.9 cm³/mol. The fourth-order valence-corrected chi connectivity index (χ4v) is 0.701. The van der Waals surface area contributed by atoms with Gasteiger partial charge in [0.1, 0.15) is 0 Å². The minimum absolute atomic E-state index is 1.08. The largest absolute Gasteiger partial charge is 0.0683 e. The van der Waals surface area contributed by atoms with Crippen molar-refractivity contribution < 1.29 is 0 Å². The highest BCUT2D eigenvalue weighted by Gasteiger charge is 2.12. The molecule has 1 saturated carbocycles. The molecule has 0 aromatic heterocycles. The molecule has 2 rings (SSSR count). The monoisotopic (exact) mass is 178 g/mol. The molecule has 0 heteroatoms. The Labute approximate surface area is 83.0 Å². The first-order valence-electron chi connectivity index (χ1n) is 5.30. The maximum Gasteiger partial charge on any atom is -0.0398 e. The smallest absolute Gasteiger partial charge is 0.0398 e. The molecule has 0 aliphatic heterocycles. The van der Waals surface area contributed by atoms with Crippen LogP contribution in [-0.2, 0) is 0 Å². The zero-order chi connectivity index (χ0) is 10.1. The van der Waals surface area contributed by atoms with Crippen LogP contribution in [0.1, 0.15) is 39.2 Å². The molecule has 1 aliphatic carbocycles. The van der Waals surface area contributed by atoms with Crippen molar-refractivity contribution in [1.29, 1.82) is 0 Å². The SMILES string of the molecule is CC.CC1CC1.Cc1ccccc1. The van der Waals surface area contributed by atoms with Gasteiger partial charge in [0, 0.05) is 0 Å². The molecular weight excluding hydrogens is 156 g/mol. The van der Waals surface area contributed by atoms with E-state index in [-0.39, 0.29) is 0 Å². The van der Waals surface area contributed by atoms with Crippen molar-refractivity contribution in [2.45, 2.75) is 40.5 Å². The van der Waals surface area contributed by atoms with Crippen LogP contribution >= 0.6 is 0 Å². The van der Waals surface area contributed by atoms with Gasteiger partial charge < -0.3 is 0 Å². The summed E-state index contributed by atoms with van der Waals surface area (Å²) in [4.78, 5) is 0. The molecule has 74 valence electrons. The quantitative estimate of drug-likeness (QED) is 0.551. The minimum atomic E-state index is 1.08. The van der Waals surface area contributed by atoms with Crippen LogP contribution in [-0.4, -0.2) is 0 Å². The third-order valence-electron chi connectivity index (χ3n) is 1.81.